The van der Waals surface area contributed by atoms with Gasteiger partial charge in [0.1, 0.15) is 0 Å². The molecule has 17 heavy (non-hydrogen) atoms. The van der Waals surface area contributed by atoms with Crippen LogP contribution in [0.4, 0.5) is 0 Å². The molecule has 3 nitrogen and oxygen atoms in total. The number of fused-ring (bicyclic) bond motifs is 2. The van der Waals surface area contributed by atoms with E-state index in [0.29, 0.717) is 12.5 Å². The van der Waals surface area contributed by atoms with Crippen molar-refractivity contribution in [3.63, 3.8) is 0 Å². The summed E-state index contributed by atoms with van der Waals surface area (Å²) in [6, 6.07) is 0. The van der Waals surface area contributed by atoms with Gasteiger partial charge in [-0.25, -0.2) is 0 Å². The van der Waals surface area contributed by atoms with Crippen molar-refractivity contribution in [1.82, 2.24) is 5.32 Å². The molecule has 3 heteroatoms. The second-order valence-electron chi connectivity index (χ2n) is 6.57. The molecule has 2 N–H and O–H groups in total. The van der Waals surface area contributed by atoms with Crippen LogP contribution in [-0.4, -0.2) is 24.2 Å². The lowest BCUT2D eigenvalue weighted by Gasteiger charge is -2.21. The van der Waals surface area contributed by atoms with E-state index in [2.05, 4.69) is 5.32 Å². The van der Waals surface area contributed by atoms with E-state index in [9.17, 15) is 9.90 Å². The summed E-state index contributed by atoms with van der Waals surface area (Å²) in [4.78, 5) is 11.9. The van der Waals surface area contributed by atoms with E-state index < -0.39 is 0 Å². The molecule has 3 fully saturated rings. The molecule has 0 radical (unpaired) electrons. The molecule has 96 valence electrons. The minimum atomic E-state index is 0.0460. The molecule has 3 aliphatic rings. The average molecular weight is 237 g/mol. The lowest BCUT2D eigenvalue weighted by molar-refractivity contribution is -0.122. The van der Waals surface area contributed by atoms with Gasteiger partial charge in [0.2, 0.25) is 5.91 Å². The fourth-order valence-corrected chi connectivity index (χ4v) is 3.79. The molecule has 2 bridgehead atoms. The highest BCUT2D eigenvalue weighted by Crippen LogP contribution is 2.49. The molecule has 3 unspecified atom stereocenters. The highest BCUT2D eigenvalue weighted by molar-refractivity contribution is 5.76. The number of aliphatic hydroxyl groups excluding tert-OH is 1. The van der Waals surface area contributed by atoms with E-state index in [0.717, 1.165) is 31.1 Å². The predicted octanol–water partition coefficient (Wildman–Crippen LogP) is 1.70. The number of carbonyl (C=O) groups is 1. The molecular weight excluding hydrogens is 214 g/mol. The van der Waals surface area contributed by atoms with Gasteiger partial charge < -0.3 is 10.4 Å². The summed E-state index contributed by atoms with van der Waals surface area (Å²) in [5.41, 5.74) is 0.0460. The number of rotatable bonds is 5. The van der Waals surface area contributed by atoms with E-state index in [1.807, 2.05) is 0 Å². The lowest BCUT2D eigenvalue weighted by atomic mass is 9.86. The first-order valence-electron chi connectivity index (χ1n) is 7.08. The van der Waals surface area contributed by atoms with Crippen LogP contribution in [0, 0.1) is 23.2 Å². The highest BCUT2D eigenvalue weighted by atomic mass is 16.3. The highest BCUT2D eigenvalue weighted by Gasteiger charge is 2.43. The van der Waals surface area contributed by atoms with Crippen LogP contribution in [0.2, 0.25) is 0 Å². The molecule has 3 atom stereocenters. The molecular formula is C14H23NO2. The molecule has 3 saturated carbocycles. The number of amides is 1. The van der Waals surface area contributed by atoms with E-state index in [4.69, 9.17) is 0 Å². The van der Waals surface area contributed by atoms with Crippen molar-refractivity contribution >= 4 is 5.91 Å². The molecule has 0 aromatic rings. The van der Waals surface area contributed by atoms with Crippen molar-refractivity contribution in [2.75, 3.05) is 13.2 Å². The summed E-state index contributed by atoms with van der Waals surface area (Å²) < 4.78 is 0. The Kier molecular flexibility index (Phi) is 2.89. The van der Waals surface area contributed by atoms with Gasteiger partial charge in [0.25, 0.3) is 0 Å². The fourth-order valence-electron chi connectivity index (χ4n) is 3.79. The van der Waals surface area contributed by atoms with Gasteiger partial charge in [-0.2, -0.15) is 0 Å². The van der Waals surface area contributed by atoms with Crippen molar-refractivity contribution in [3.05, 3.63) is 0 Å². The van der Waals surface area contributed by atoms with Crippen LogP contribution in [0.1, 0.15) is 44.9 Å². The van der Waals surface area contributed by atoms with E-state index in [1.54, 1.807) is 0 Å². The quantitative estimate of drug-likeness (QED) is 0.764. The van der Waals surface area contributed by atoms with Crippen molar-refractivity contribution < 1.29 is 9.90 Å². The Balaban J connectivity index is 1.42. The average Bonchev–Trinajstić information content (AvgIpc) is 2.83. The second-order valence-corrected chi connectivity index (χ2v) is 6.57. The van der Waals surface area contributed by atoms with E-state index in [1.165, 1.54) is 25.7 Å². The minimum absolute atomic E-state index is 0.0460. The van der Waals surface area contributed by atoms with Crippen LogP contribution in [0.15, 0.2) is 0 Å². The van der Waals surface area contributed by atoms with Crippen LogP contribution in [0.5, 0.6) is 0 Å². The van der Waals surface area contributed by atoms with Gasteiger partial charge in [0.15, 0.2) is 0 Å². The number of hydrogen-bond donors (Lipinski definition) is 2. The predicted molar refractivity (Wildman–Crippen MR) is 65.3 cm³/mol. The third-order valence-corrected chi connectivity index (χ3v) is 5.29. The standard InChI is InChI=1S/C14H23NO2/c16-9-14(3-4-14)8-15-13(17)7-12-6-10-1-2-11(12)5-10/h10-12,16H,1-9H2,(H,15,17). The number of carbonyl (C=O) groups excluding carboxylic acids is 1. The maximum absolute atomic E-state index is 11.9. The summed E-state index contributed by atoms with van der Waals surface area (Å²) in [6.07, 6.45) is 8.26. The Bertz CT molecular complexity index is 311. The Morgan fingerprint density at radius 3 is 2.65 bits per heavy atom. The number of aliphatic hydroxyl groups is 1. The largest absolute Gasteiger partial charge is 0.396 e. The fraction of sp³-hybridized carbons (Fsp3) is 0.929. The van der Waals surface area contributed by atoms with E-state index in [-0.39, 0.29) is 17.9 Å². The monoisotopic (exact) mass is 237 g/mol. The first-order chi connectivity index (χ1) is 8.21. The maximum atomic E-state index is 11.9. The van der Waals surface area contributed by atoms with Crippen LogP contribution < -0.4 is 5.32 Å². The van der Waals surface area contributed by atoms with E-state index >= 15 is 0 Å². The van der Waals surface area contributed by atoms with Crippen molar-refractivity contribution in [2.45, 2.75) is 44.9 Å². The third kappa shape index (κ3) is 2.35. The topological polar surface area (TPSA) is 49.3 Å². The molecule has 0 heterocycles. The zero-order valence-corrected chi connectivity index (χ0v) is 10.5. The van der Waals surface area contributed by atoms with Gasteiger partial charge >= 0.3 is 0 Å². The minimum Gasteiger partial charge on any atom is -0.396 e. The molecule has 3 rings (SSSR count). The summed E-state index contributed by atoms with van der Waals surface area (Å²) in [7, 11) is 0. The van der Waals surface area contributed by atoms with Gasteiger partial charge in [-0.1, -0.05) is 6.42 Å². The summed E-state index contributed by atoms with van der Waals surface area (Å²) in [5, 5.41) is 12.2. The van der Waals surface area contributed by atoms with Gasteiger partial charge in [-0.3, -0.25) is 4.79 Å². The Morgan fingerprint density at radius 1 is 1.29 bits per heavy atom. The van der Waals surface area contributed by atoms with Crippen molar-refractivity contribution in [2.24, 2.45) is 23.2 Å². The normalized spacial score (nSPS) is 37.1. The Hall–Kier alpha value is -0.570. The Labute approximate surface area is 103 Å². The first kappa shape index (κ1) is 11.5. The lowest BCUT2D eigenvalue weighted by Crippen LogP contribution is -2.33. The summed E-state index contributed by atoms with van der Waals surface area (Å²) >= 11 is 0. The van der Waals surface area contributed by atoms with Gasteiger partial charge in [0, 0.05) is 18.4 Å². The van der Waals surface area contributed by atoms with Crippen LogP contribution >= 0.6 is 0 Å². The van der Waals surface area contributed by atoms with Gasteiger partial charge in [-0.15, -0.1) is 0 Å². The number of hydrogen-bond acceptors (Lipinski definition) is 2. The molecule has 0 aliphatic heterocycles. The number of nitrogens with one attached hydrogen (secondary N) is 1. The van der Waals surface area contributed by atoms with Crippen molar-refractivity contribution in [1.29, 1.82) is 0 Å². The zero-order valence-electron chi connectivity index (χ0n) is 10.5. The molecule has 0 aromatic carbocycles. The summed E-state index contributed by atoms with van der Waals surface area (Å²) in [5.74, 6) is 2.61. The molecule has 0 saturated heterocycles. The molecule has 3 aliphatic carbocycles. The molecule has 0 aromatic heterocycles. The van der Waals surface area contributed by atoms with Crippen LogP contribution in [-0.2, 0) is 4.79 Å². The SMILES string of the molecule is O=C(CC1CC2CCC1C2)NCC1(CO)CC1. The first-order valence-corrected chi connectivity index (χ1v) is 7.08. The second kappa shape index (κ2) is 4.27. The Morgan fingerprint density at radius 2 is 2.12 bits per heavy atom. The molecule has 0 spiro atoms. The van der Waals surface area contributed by atoms with Crippen LogP contribution in [0.3, 0.4) is 0 Å². The van der Waals surface area contributed by atoms with Gasteiger partial charge in [0.05, 0.1) is 6.61 Å². The summed E-state index contributed by atoms with van der Waals surface area (Å²) in [6.45, 7) is 0.907. The molecule has 1 amide bonds. The zero-order chi connectivity index (χ0) is 11.9. The van der Waals surface area contributed by atoms with Gasteiger partial charge in [-0.05, 0) is 49.9 Å². The smallest absolute Gasteiger partial charge is 0.220 e. The van der Waals surface area contributed by atoms with Crippen LogP contribution in [0.25, 0.3) is 0 Å². The van der Waals surface area contributed by atoms with Crippen molar-refractivity contribution in [3.8, 4) is 0 Å². The maximum Gasteiger partial charge on any atom is 0.220 e. The third-order valence-electron chi connectivity index (χ3n) is 5.29.